The third kappa shape index (κ3) is 4.02. The van der Waals surface area contributed by atoms with Crippen LogP contribution >= 0.6 is 0 Å². The molecule has 2 N–H and O–H groups in total. The number of amides is 2. The van der Waals surface area contributed by atoms with E-state index >= 15 is 0 Å². The van der Waals surface area contributed by atoms with E-state index in [0.717, 1.165) is 22.4 Å². The van der Waals surface area contributed by atoms with Gasteiger partial charge in [0, 0.05) is 55.6 Å². The third-order valence-electron chi connectivity index (χ3n) is 5.09. The third-order valence-corrected chi connectivity index (χ3v) is 5.09. The quantitative estimate of drug-likeness (QED) is 0.618. The Kier molecular flexibility index (Phi) is 5.24. The van der Waals surface area contributed by atoms with Gasteiger partial charge in [0.1, 0.15) is 6.54 Å². The number of likely N-dealkylation sites (N-methyl/N-ethyl adjacent to an activating group) is 1. The lowest BCUT2D eigenvalue weighted by Crippen LogP contribution is -2.26. The van der Waals surface area contributed by atoms with E-state index in [1.807, 2.05) is 26.0 Å². The van der Waals surface area contributed by atoms with Crippen molar-refractivity contribution >= 4 is 28.9 Å². The SMILES string of the molecule is CC(Nc1ccn(CC(=O)N(C)C)n1)=C1C(=O)Nc2cnc(-c3cnccc3C)cc21. The van der Waals surface area contributed by atoms with Gasteiger partial charge in [-0.15, -0.1) is 0 Å². The van der Waals surface area contributed by atoms with Crippen molar-refractivity contribution in [3.05, 3.63) is 59.8 Å². The van der Waals surface area contributed by atoms with Crippen LogP contribution in [0.5, 0.6) is 0 Å². The number of allylic oxidation sites excluding steroid dienone is 1. The number of carbonyl (C=O) groups is 2. The molecule has 1 aliphatic heterocycles. The lowest BCUT2D eigenvalue weighted by Gasteiger charge is -2.10. The number of rotatable bonds is 5. The maximum Gasteiger partial charge on any atom is 0.258 e. The summed E-state index contributed by atoms with van der Waals surface area (Å²) in [4.78, 5) is 34.7. The Morgan fingerprint density at radius 3 is 2.77 bits per heavy atom. The molecule has 3 aromatic heterocycles. The van der Waals surface area contributed by atoms with Gasteiger partial charge < -0.3 is 15.5 Å². The maximum absolute atomic E-state index is 12.7. The number of fused-ring (bicyclic) bond motifs is 1. The predicted octanol–water partition coefficient (Wildman–Crippen LogP) is 2.53. The zero-order valence-electron chi connectivity index (χ0n) is 17.8. The number of nitrogens with zero attached hydrogens (tertiary/aromatic N) is 5. The zero-order valence-corrected chi connectivity index (χ0v) is 17.8. The summed E-state index contributed by atoms with van der Waals surface area (Å²) >= 11 is 0. The second-order valence-corrected chi connectivity index (χ2v) is 7.57. The van der Waals surface area contributed by atoms with Crippen LogP contribution in [0.4, 0.5) is 11.5 Å². The summed E-state index contributed by atoms with van der Waals surface area (Å²) in [5, 5.41) is 10.4. The molecule has 0 atom stereocenters. The van der Waals surface area contributed by atoms with Crippen LogP contribution in [-0.4, -0.2) is 50.6 Å². The lowest BCUT2D eigenvalue weighted by atomic mass is 10.0. The van der Waals surface area contributed by atoms with E-state index in [1.165, 1.54) is 4.90 Å². The summed E-state index contributed by atoms with van der Waals surface area (Å²) in [5.74, 6) is 0.291. The van der Waals surface area contributed by atoms with Crippen LogP contribution in [0, 0.1) is 6.92 Å². The Bertz CT molecular complexity index is 1210. The molecular weight excluding hydrogens is 394 g/mol. The first-order chi connectivity index (χ1) is 14.8. The molecule has 158 valence electrons. The van der Waals surface area contributed by atoms with Crippen molar-refractivity contribution in [2.45, 2.75) is 20.4 Å². The number of pyridine rings is 2. The van der Waals surface area contributed by atoms with Gasteiger partial charge >= 0.3 is 0 Å². The number of aromatic nitrogens is 4. The fourth-order valence-corrected chi connectivity index (χ4v) is 3.37. The Morgan fingerprint density at radius 1 is 1.23 bits per heavy atom. The molecule has 0 radical (unpaired) electrons. The Morgan fingerprint density at radius 2 is 2.03 bits per heavy atom. The molecule has 0 aliphatic carbocycles. The molecule has 3 aromatic rings. The molecule has 9 heteroatoms. The minimum atomic E-state index is -0.205. The molecule has 9 nitrogen and oxygen atoms in total. The van der Waals surface area contributed by atoms with Gasteiger partial charge in [-0.2, -0.15) is 5.10 Å². The van der Waals surface area contributed by atoms with E-state index in [0.29, 0.717) is 22.8 Å². The predicted molar refractivity (Wildman–Crippen MR) is 118 cm³/mol. The summed E-state index contributed by atoms with van der Waals surface area (Å²) in [5.41, 5.74) is 5.33. The fraction of sp³-hybridized carbons (Fsp3) is 0.227. The molecule has 0 saturated heterocycles. The van der Waals surface area contributed by atoms with Gasteiger partial charge in [-0.05, 0) is 31.5 Å². The molecule has 0 unspecified atom stereocenters. The molecule has 0 spiro atoms. The first-order valence-corrected chi connectivity index (χ1v) is 9.77. The molecule has 1 aliphatic rings. The standard InChI is InChI=1S/C22H23N7O2/c1-13-5-7-23-10-16(13)17-9-15-18(11-24-17)26-22(31)21(15)14(2)25-19-6-8-29(27-19)12-20(30)28(3)4/h5-11H,12H2,1-4H3,(H,25,27)(H,26,31). The van der Waals surface area contributed by atoms with E-state index in [1.54, 1.807) is 49.6 Å². The van der Waals surface area contributed by atoms with Crippen molar-refractivity contribution in [2.24, 2.45) is 0 Å². The normalized spacial score (nSPS) is 14.1. The molecule has 4 rings (SSSR count). The van der Waals surface area contributed by atoms with Gasteiger partial charge in [-0.1, -0.05) is 0 Å². The van der Waals surface area contributed by atoms with Crippen molar-refractivity contribution in [1.82, 2.24) is 24.6 Å². The highest BCUT2D eigenvalue weighted by molar-refractivity contribution is 6.32. The summed E-state index contributed by atoms with van der Waals surface area (Å²) in [6, 6.07) is 5.58. The minimum Gasteiger partial charge on any atom is -0.347 e. The van der Waals surface area contributed by atoms with Crippen molar-refractivity contribution in [3.63, 3.8) is 0 Å². The van der Waals surface area contributed by atoms with E-state index in [4.69, 9.17) is 0 Å². The number of hydrogen-bond acceptors (Lipinski definition) is 6. The highest BCUT2D eigenvalue weighted by Gasteiger charge is 2.28. The van der Waals surface area contributed by atoms with Gasteiger partial charge in [0.25, 0.3) is 5.91 Å². The molecule has 0 aromatic carbocycles. The van der Waals surface area contributed by atoms with Crippen molar-refractivity contribution in [3.8, 4) is 11.3 Å². The highest BCUT2D eigenvalue weighted by Crippen LogP contribution is 2.36. The molecule has 0 saturated carbocycles. The van der Waals surface area contributed by atoms with Crippen LogP contribution in [0.3, 0.4) is 0 Å². The minimum absolute atomic E-state index is 0.0560. The van der Waals surface area contributed by atoms with E-state index in [2.05, 4.69) is 25.7 Å². The highest BCUT2D eigenvalue weighted by atomic mass is 16.2. The van der Waals surface area contributed by atoms with Crippen LogP contribution in [-0.2, 0) is 16.1 Å². The van der Waals surface area contributed by atoms with Crippen LogP contribution in [0.1, 0.15) is 18.1 Å². The number of nitrogens with one attached hydrogen (secondary N) is 2. The van der Waals surface area contributed by atoms with Gasteiger partial charge in [-0.3, -0.25) is 24.2 Å². The van der Waals surface area contributed by atoms with Crippen molar-refractivity contribution in [1.29, 1.82) is 0 Å². The topological polar surface area (TPSA) is 105 Å². The molecule has 0 bridgehead atoms. The van der Waals surface area contributed by atoms with E-state index in [9.17, 15) is 9.59 Å². The Balaban J connectivity index is 1.64. The van der Waals surface area contributed by atoms with Crippen LogP contribution < -0.4 is 10.6 Å². The Labute approximate surface area is 179 Å². The van der Waals surface area contributed by atoms with Gasteiger partial charge in [-0.25, -0.2) is 0 Å². The summed E-state index contributed by atoms with van der Waals surface area (Å²) in [6.45, 7) is 3.97. The average molecular weight is 417 g/mol. The zero-order chi connectivity index (χ0) is 22.1. The maximum atomic E-state index is 12.7. The summed E-state index contributed by atoms with van der Waals surface area (Å²) in [7, 11) is 3.40. The van der Waals surface area contributed by atoms with Crippen LogP contribution in [0.25, 0.3) is 16.8 Å². The fourth-order valence-electron chi connectivity index (χ4n) is 3.37. The molecule has 4 heterocycles. The second-order valence-electron chi connectivity index (χ2n) is 7.57. The smallest absolute Gasteiger partial charge is 0.258 e. The largest absolute Gasteiger partial charge is 0.347 e. The average Bonchev–Trinajstić information content (AvgIpc) is 3.30. The monoisotopic (exact) mass is 417 g/mol. The van der Waals surface area contributed by atoms with Gasteiger partial charge in [0.15, 0.2) is 5.82 Å². The number of aryl methyl sites for hydroxylation is 1. The summed E-state index contributed by atoms with van der Waals surface area (Å²) in [6.07, 6.45) is 6.89. The molecular formula is C22H23N7O2. The van der Waals surface area contributed by atoms with Crippen molar-refractivity contribution in [2.75, 3.05) is 24.7 Å². The molecule has 2 amide bonds. The van der Waals surface area contributed by atoms with E-state index < -0.39 is 0 Å². The van der Waals surface area contributed by atoms with Crippen LogP contribution in [0.15, 0.2) is 48.7 Å². The Hall–Kier alpha value is -4.01. The molecule has 0 fully saturated rings. The van der Waals surface area contributed by atoms with Gasteiger partial charge in [0.2, 0.25) is 5.91 Å². The number of carbonyl (C=O) groups excluding carboxylic acids is 2. The first-order valence-electron chi connectivity index (χ1n) is 9.77. The molecule has 31 heavy (non-hydrogen) atoms. The first kappa shape index (κ1) is 20.3. The number of anilines is 2. The van der Waals surface area contributed by atoms with Crippen molar-refractivity contribution < 1.29 is 9.59 Å². The lowest BCUT2D eigenvalue weighted by molar-refractivity contribution is -0.129. The second kappa shape index (κ2) is 8.02. The number of hydrogen-bond donors (Lipinski definition) is 2. The summed E-state index contributed by atoms with van der Waals surface area (Å²) < 4.78 is 1.55. The van der Waals surface area contributed by atoms with E-state index in [-0.39, 0.29) is 18.4 Å². The van der Waals surface area contributed by atoms with Crippen LogP contribution in [0.2, 0.25) is 0 Å². The van der Waals surface area contributed by atoms with Gasteiger partial charge in [0.05, 0.1) is 23.2 Å².